The van der Waals surface area contributed by atoms with Gasteiger partial charge in [-0.15, -0.1) is 0 Å². The first-order chi connectivity index (χ1) is 10.8. The van der Waals surface area contributed by atoms with Crippen LogP contribution in [0.4, 0.5) is 0 Å². The molecule has 0 radical (unpaired) electrons. The van der Waals surface area contributed by atoms with Gasteiger partial charge in [0.05, 0.1) is 31.2 Å². The van der Waals surface area contributed by atoms with Gasteiger partial charge in [-0.2, -0.15) is 8.42 Å². The molecule has 3 aliphatic rings. The van der Waals surface area contributed by atoms with E-state index in [0.717, 1.165) is 6.08 Å². The Morgan fingerprint density at radius 2 is 2.09 bits per heavy atom. The van der Waals surface area contributed by atoms with E-state index in [1.165, 1.54) is 0 Å². The molecule has 0 amide bonds. The molecule has 1 heterocycles. The van der Waals surface area contributed by atoms with Gasteiger partial charge in [0.15, 0.2) is 0 Å². The summed E-state index contributed by atoms with van der Waals surface area (Å²) in [5.74, 6) is -0.579. The zero-order valence-electron chi connectivity index (χ0n) is 12.5. The summed E-state index contributed by atoms with van der Waals surface area (Å²) < 4.78 is 40.0. The van der Waals surface area contributed by atoms with Gasteiger partial charge in [0.1, 0.15) is 12.7 Å². The molecule has 1 aliphatic heterocycles. The second-order valence-corrected chi connectivity index (χ2v) is 8.20. The largest absolute Gasteiger partial charge is 0.460 e. The molecule has 3 fully saturated rings. The maximum atomic E-state index is 12.2. The summed E-state index contributed by atoms with van der Waals surface area (Å²) in [5.41, 5.74) is -1.69. The number of aliphatic hydroxyl groups is 2. The molecule has 2 saturated carbocycles. The van der Waals surface area contributed by atoms with Crippen molar-refractivity contribution >= 4 is 16.1 Å². The normalized spacial score (nSPS) is 42.8. The lowest BCUT2D eigenvalue weighted by Gasteiger charge is -2.36. The molecule has 2 aliphatic carbocycles. The quantitative estimate of drug-likeness (QED) is 0.259. The summed E-state index contributed by atoms with van der Waals surface area (Å²) in [6.45, 7) is 2.71. The van der Waals surface area contributed by atoms with Crippen molar-refractivity contribution in [3.63, 3.8) is 0 Å². The van der Waals surface area contributed by atoms with E-state index in [9.17, 15) is 23.4 Å². The molecular weight excluding hydrogens is 328 g/mol. The molecule has 130 valence electrons. The molecule has 5 atom stereocenters. The van der Waals surface area contributed by atoms with Crippen LogP contribution in [0.25, 0.3) is 0 Å². The molecule has 2 bridgehead atoms. The molecule has 0 spiro atoms. The van der Waals surface area contributed by atoms with Gasteiger partial charge in [0, 0.05) is 16.9 Å². The maximum absolute atomic E-state index is 12.2. The lowest BCUT2D eigenvalue weighted by atomic mass is 9.78. The van der Waals surface area contributed by atoms with Gasteiger partial charge in [0.25, 0.3) is 10.1 Å². The van der Waals surface area contributed by atoms with E-state index in [4.69, 9.17) is 13.7 Å². The fraction of sp³-hybridized carbons (Fsp3) is 0.786. The number of hydrogen-bond acceptors (Lipinski definition) is 8. The van der Waals surface area contributed by atoms with Crippen LogP contribution in [-0.2, 0) is 28.6 Å². The summed E-state index contributed by atoms with van der Waals surface area (Å²) in [7, 11) is -3.78. The molecule has 1 saturated heterocycles. The second kappa shape index (κ2) is 5.52. The lowest BCUT2D eigenvalue weighted by Crippen LogP contribution is -2.49. The second-order valence-electron chi connectivity index (χ2n) is 6.45. The van der Waals surface area contributed by atoms with E-state index in [0.29, 0.717) is 6.42 Å². The molecular formula is C14H20O8S. The summed E-state index contributed by atoms with van der Waals surface area (Å²) in [6, 6.07) is 0. The highest BCUT2D eigenvalue weighted by Crippen LogP contribution is 2.68. The van der Waals surface area contributed by atoms with Crippen LogP contribution in [0.2, 0.25) is 0 Å². The molecule has 0 aromatic rings. The number of carbonyl (C=O) groups is 1. The minimum atomic E-state index is -3.78. The zero-order valence-corrected chi connectivity index (χ0v) is 13.3. The molecule has 5 unspecified atom stereocenters. The van der Waals surface area contributed by atoms with Gasteiger partial charge >= 0.3 is 5.97 Å². The van der Waals surface area contributed by atoms with Crippen LogP contribution < -0.4 is 0 Å². The van der Waals surface area contributed by atoms with E-state index in [1.54, 1.807) is 0 Å². The van der Waals surface area contributed by atoms with E-state index in [-0.39, 0.29) is 32.8 Å². The Bertz CT molecular complexity index is 616. The third kappa shape index (κ3) is 2.25. The van der Waals surface area contributed by atoms with E-state index < -0.39 is 44.4 Å². The van der Waals surface area contributed by atoms with Crippen LogP contribution in [0.3, 0.4) is 0 Å². The highest BCUT2D eigenvalue weighted by Gasteiger charge is 2.78. The van der Waals surface area contributed by atoms with Gasteiger partial charge in [-0.3, -0.25) is 4.18 Å². The predicted molar refractivity (Wildman–Crippen MR) is 76.7 cm³/mol. The monoisotopic (exact) mass is 348 g/mol. The molecule has 23 heavy (non-hydrogen) atoms. The number of aliphatic hydroxyl groups excluding tert-OH is 2. The zero-order chi connectivity index (χ0) is 16.9. The standard InChI is InChI=1S/C14H20O8S/c1-2-10(17)20-3-4-21-11-12-14(8-16)6-13(11,7-15)5-9(14)23(18,19)22-12/h2,9,11-12,15-16H,1,3-8H2. The first kappa shape index (κ1) is 16.8. The van der Waals surface area contributed by atoms with Crippen LogP contribution in [-0.4, -0.2) is 68.5 Å². The highest BCUT2D eigenvalue weighted by molar-refractivity contribution is 7.87. The van der Waals surface area contributed by atoms with Gasteiger partial charge < -0.3 is 19.7 Å². The summed E-state index contributed by atoms with van der Waals surface area (Å²) in [6.07, 6.45) is 0.0674. The van der Waals surface area contributed by atoms with Crippen LogP contribution in [0.5, 0.6) is 0 Å². The predicted octanol–water partition coefficient (Wildman–Crippen LogP) is -1.04. The first-order valence-electron chi connectivity index (χ1n) is 7.40. The van der Waals surface area contributed by atoms with Crippen LogP contribution in [0, 0.1) is 10.8 Å². The summed E-state index contributed by atoms with van der Waals surface area (Å²) in [5, 5.41) is 18.8. The van der Waals surface area contributed by atoms with Crippen molar-refractivity contribution in [2.24, 2.45) is 10.8 Å². The van der Waals surface area contributed by atoms with Crippen molar-refractivity contribution in [1.82, 2.24) is 0 Å². The van der Waals surface area contributed by atoms with E-state index in [2.05, 4.69) is 6.58 Å². The molecule has 2 N–H and O–H groups in total. The molecule has 8 nitrogen and oxygen atoms in total. The Kier molecular flexibility index (Phi) is 4.04. The number of esters is 1. The van der Waals surface area contributed by atoms with Crippen molar-refractivity contribution < 1.29 is 37.1 Å². The maximum Gasteiger partial charge on any atom is 0.330 e. The van der Waals surface area contributed by atoms with Crippen molar-refractivity contribution in [3.8, 4) is 0 Å². The van der Waals surface area contributed by atoms with E-state index >= 15 is 0 Å². The van der Waals surface area contributed by atoms with Crippen molar-refractivity contribution in [3.05, 3.63) is 12.7 Å². The van der Waals surface area contributed by atoms with Gasteiger partial charge in [-0.25, -0.2) is 4.79 Å². The number of fused-ring (bicyclic) bond motifs is 1. The van der Waals surface area contributed by atoms with Crippen LogP contribution in [0.15, 0.2) is 12.7 Å². The third-order valence-electron chi connectivity index (χ3n) is 5.35. The van der Waals surface area contributed by atoms with Crippen molar-refractivity contribution in [2.75, 3.05) is 26.4 Å². The average Bonchev–Trinajstić information content (AvgIpc) is 3.06. The molecule has 0 aromatic carbocycles. The number of carbonyl (C=O) groups excluding carboxylic acids is 1. The molecule has 9 heteroatoms. The smallest absolute Gasteiger partial charge is 0.330 e. The van der Waals surface area contributed by atoms with Gasteiger partial charge in [-0.1, -0.05) is 6.58 Å². The average molecular weight is 348 g/mol. The Labute approximate surface area is 134 Å². The van der Waals surface area contributed by atoms with E-state index in [1.807, 2.05) is 0 Å². The fourth-order valence-corrected chi connectivity index (χ4v) is 6.50. The lowest BCUT2D eigenvalue weighted by molar-refractivity contribution is -0.144. The molecule has 3 rings (SSSR count). The number of ether oxygens (including phenoxy) is 2. The Morgan fingerprint density at radius 3 is 2.70 bits per heavy atom. The Hall–Kier alpha value is -1.00. The topological polar surface area (TPSA) is 119 Å². The highest BCUT2D eigenvalue weighted by atomic mass is 32.2. The SMILES string of the molecule is C=CC(=O)OCCOC1C2OS(=O)(=O)C3CC1(CO)CC23CO. The first-order valence-corrected chi connectivity index (χ1v) is 8.87. The van der Waals surface area contributed by atoms with Crippen molar-refractivity contribution in [2.45, 2.75) is 30.3 Å². The van der Waals surface area contributed by atoms with Crippen molar-refractivity contribution in [1.29, 1.82) is 0 Å². The number of hydrogen-bond donors (Lipinski definition) is 2. The summed E-state index contributed by atoms with van der Waals surface area (Å²) in [4.78, 5) is 11.0. The minimum absolute atomic E-state index is 0.0160. The van der Waals surface area contributed by atoms with Crippen LogP contribution >= 0.6 is 0 Å². The Balaban J connectivity index is 1.77. The fourth-order valence-electron chi connectivity index (χ4n) is 4.38. The van der Waals surface area contributed by atoms with Gasteiger partial charge in [0.2, 0.25) is 0 Å². The minimum Gasteiger partial charge on any atom is -0.460 e. The van der Waals surface area contributed by atoms with Gasteiger partial charge in [-0.05, 0) is 12.8 Å². The molecule has 0 aromatic heterocycles. The summed E-state index contributed by atoms with van der Waals surface area (Å²) >= 11 is 0. The van der Waals surface area contributed by atoms with Crippen LogP contribution in [0.1, 0.15) is 12.8 Å². The Morgan fingerprint density at radius 1 is 1.35 bits per heavy atom. The number of rotatable bonds is 7. The third-order valence-corrected chi connectivity index (χ3v) is 7.16.